The van der Waals surface area contributed by atoms with Crippen LogP contribution in [0.1, 0.15) is 32.6 Å². The zero-order valence-corrected chi connectivity index (χ0v) is 15.1. The molecule has 1 unspecified atom stereocenters. The van der Waals surface area contributed by atoms with Crippen molar-refractivity contribution >= 4 is 29.3 Å². The largest absolute Gasteiger partial charge is 0.411 e. The number of amides is 1. The number of hydrogen-bond donors (Lipinski definition) is 0. The summed E-state index contributed by atoms with van der Waals surface area (Å²) in [6, 6.07) is 7.26. The Kier molecular flexibility index (Phi) is 5.79. The van der Waals surface area contributed by atoms with Crippen LogP contribution in [0, 0.1) is 0 Å². The molecule has 1 amide bonds. The molecule has 0 N–H and O–H groups in total. The van der Waals surface area contributed by atoms with E-state index in [0.717, 1.165) is 31.5 Å². The highest BCUT2D eigenvalue weighted by molar-refractivity contribution is 8.00. The summed E-state index contributed by atoms with van der Waals surface area (Å²) in [4.78, 5) is 14.5. The van der Waals surface area contributed by atoms with Gasteiger partial charge in [0, 0.05) is 23.7 Å². The van der Waals surface area contributed by atoms with Gasteiger partial charge < -0.3 is 9.32 Å². The number of nitrogens with zero attached hydrogens (tertiary/aromatic N) is 3. The van der Waals surface area contributed by atoms with Gasteiger partial charge in [-0.15, -0.1) is 10.2 Å². The summed E-state index contributed by atoms with van der Waals surface area (Å²) in [6.45, 7) is 3.59. The fourth-order valence-corrected chi connectivity index (χ4v) is 3.70. The first-order valence-corrected chi connectivity index (χ1v) is 9.44. The molecule has 128 valence electrons. The third kappa shape index (κ3) is 4.30. The van der Waals surface area contributed by atoms with Crippen LogP contribution >= 0.6 is 23.4 Å². The highest BCUT2D eigenvalue weighted by Crippen LogP contribution is 2.28. The Hall–Kier alpha value is -1.53. The van der Waals surface area contributed by atoms with Crippen molar-refractivity contribution in [2.75, 3.05) is 13.1 Å². The highest BCUT2D eigenvalue weighted by Gasteiger charge is 2.24. The van der Waals surface area contributed by atoms with Gasteiger partial charge in [-0.1, -0.05) is 42.3 Å². The molecule has 1 fully saturated rings. The standard InChI is InChI=1S/C17H20ClN3O2S/c1-12(16(22)21-9-4-2-3-5-10-21)24-17-20-19-15(23-17)13-7-6-8-14(18)11-13/h6-8,11-12H,2-5,9-10H2,1H3. The van der Waals surface area contributed by atoms with E-state index < -0.39 is 0 Å². The topological polar surface area (TPSA) is 59.2 Å². The number of rotatable bonds is 4. The number of halogens is 1. The van der Waals surface area contributed by atoms with Gasteiger partial charge in [0.1, 0.15) is 0 Å². The van der Waals surface area contributed by atoms with E-state index >= 15 is 0 Å². The van der Waals surface area contributed by atoms with Crippen LogP contribution in [-0.2, 0) is 4.79 Å². The Balaban J connectivity index is 1.64. The molecular weight excluding hydrogens is 346 g/mol. The fourth-order valence-electron chi connectivity index (χ4n) is 2.75. The van der Waals surface area contributed by atoms with Crippen LogP contribution in [0.3, 0.4) is 0 Å². The molecule has 7 heteroatoms. The third-order valence-electron chi connectivity index (χ3n) is 4.02. The first kappa shape index (κ1) is 17.3. The van der Waals surface area contributed by atoms with E-state index in [1.54, 1.807) is 12.1 Å². The first-order valence-electron chi connectivity index (χ1n) is 8.18. The molecule has 1 aromatic carbocycles. The summed E-state index contributed by atoms with van der Waals surface area (Å²) < 4.78 is 5.67. The summed E-state index contributed by atoms with van der Waals surface area (Å²) >= 11 is 7.29. The minimum Gasteiger partial charge on any atom is -0.411 e. The van der Waals surface area contributed by atoms with Gasteiger partial charge in [-0.25, -0.2) is 0 Å². The summed E-state index contributed by atoms with van der Waals surface area (Å²) in [7, 11) is 0. The molecule has 0 aliphatic carbocycles. The predicted octanol–water partition coefficient (Wildman–Crippen LogP) is 4.27. The number of carbonyl (C=O) groups is 1. The van der Waals surface area contributed by atoms with Crippen molar-refractivity contribution < 1.29 is 9.21 Å². The average Bonchev–Trinajstić information content (AvgIpc) is 2.87. The van der Waals surface area contributed by atoms with E-state index in [9.17, 15) is 4.79 Å². The second-order valence-electron chi connectivity index (χ2n) is 5.88. The molecule has 24 heavy (non-hydrogen) atoms. The summed E-state index contributed by atoms with van der Waals surface area (Å²) in [5.41, 5.74) is 0.772. The fraction of sp³-hybridized carbons (Fsp3) is 0.471. The third-order valence-corrected chi connectivity index (χ3v) is 5.18. The van der Waals surface area contributed by atoms with Crippen LogP contribution in [0.25, 0.3) is 11.5 Å². The van der Waals surface area contributed by atoms with Gasteiger partial charge in [0.25, 0.3) is 5.22 Å². The monoisotopic (exact) mass is 365 g/mol. The van der Waals surface area contributed by atoms with Crippen LogP contribution in [0.15, 0.2) is 33.9 Å². The molecule has 1 aliphatic rings. The van der Waals surface area contributed by atoms with Gasteiger partial charge in [0.15, 0.2) is 0 Å². The van der Waals surface area contributed by atoms with Gasteiger partial charge in [-0.3, -0.25) is 4.79 Å². The Morgan fingerprint density at radius 3 is 2.71 bits per heavy atom. The molecule has 2 heterocycles. The molecule has 1 atom stereocenters. The van der Waals surface area contributed by atoms with E-state index in [1.807, 2.05) is 24.0 Å². The maximum Gasteiger partial charge on any atom is 0.277 e. The molecule has 0 bridgehead atoms. The van der Waals surface area contributed by atoms with Gasteiger partial charge in [0.05, 0.1) is 5.25 Å². The average molecular weight is 366 g/mol. The lowest BCUT2D eigenvalue weighted by molar-refractivity contribution is -0.130. The van der Waals surface area contributed by atoms with Gasteiger partial charge in [0.2, 0.25) is 11.8 Å². The zero-order chi connectivity index (χ0) is 16.9. The normalized spacial score (nSPS) is 16.7. The van der Waals surface area contributed by atoms with Crippen molar-refractivity contribution in [3.63, 3.8) is 0 Å². The Labute approximate surface area is 150 Å². The van der Waals surface area contributed by atoms with Crippen molar-refractivity contribution in [1.82, 2.24) is 15.1 Å². The van der Waals surface area contributed by atoms with E-state index in [4.69, 9.17) is 16.0 Å². The molecule has 0 radical (unpaired) electrons. The lowest BCUT2D eigenvalue weighted by atomic mass is 10.2. The minimum atomic E-state index is -0.240. The molecule has 0 saturated carbocycles. The number of likely N-dealkylation sites (tertiary alicyclic amines) is 1. The number of hydrogen-bond acceptors (Lipinski definition) is 5. The molecule has 2 aromatic rings. The SMILES string of the molecule is CC(Sc1nnc(-c2cccc(Cl)c2)o1)C(=O)N1CCCCCC1. The van der Waals surface area contributed by atoms with Crippen LogP contribution in [0.5, 0.6) is 0 Å². The van der Waals surface area contributed by atoms with Crippen molar-refractivity contribution in [3.8, 4) is 11.5 Å². The maximum absolute atomic E-state index is 12.6. The predicted molar refractivity (Wildman–Crippen MR) is 95.1 cm³/mol. The quantitative estimate of drug-likeness (QED) is 0.757. The molecule has 3 rings (SSSR count). The second-order valence-corrected chi connectivity index (χ2v) is 7.61. The van der Waals surface area contributed by atoms with E-state index in [2.05, 4.69) is 10.2 Å². The molecule has 0 spiro atoms. The summed E-state index contributed by atoms with van der Waals surface area (Å²) in [5.74, 6) is 0.554. The van der Waals surface area contributed by atoms with Gasteiger partial charge in [-0.2, -0.15) is 0 Å². The number of carbonyl (C=O) groups excluding carboxylic acids is 1. The number of thioether (sulfide) groups is 1. The van der Waals surface area contributed by atoms with Crippen LogP contribution in [0.4, 0.5) is 0 Å². The lowest BCUT2D eigenvalue weighted by Gasteiger charge is -2.23. The van der Waals surface area contributed by atoms with Crippen molar-refractivity contribution in [2.24, 2.45) is 0 Å². The Morgan fingerprint density at radius 1 is 1.25 bits per heavy atom. The minimum absolute atomic E-state index is 0.143. The van der Waals surface area contributed by atoms with Gasteiger partial charge >= 0.3 is 0 Å². The molecular formula is C17H20ClN3O2S. The zero-order valence-electron chi connectivity index (χ0n) is 13.6. The first-order chi connectivity index (χ1) is 11.6. The molecule has 5 nitrogen and oxygen atoms in total. The van der Waals surface area contributed by atoms with Crippen molar-refractivity contribution in [2.45, 2.75) is 43.1 Å². The Bertz CT molecular complexity index is 699. The number of benzene rings is 1. The van der Waals surface area contributed by atoms with Gasteiger partial charge in [-0.05, 0) is 38.0 Å². The Morgan fingerprint density at radius 2 is 2.00 bits per heavy atom. The highest BCUT2D eigenvalue weighted by atomic mass is 35.5. The number of aromatic nitrogens is 2. The van der Waals surface area contributed by atoms with Crippen molar-refractivity contribution in [3.05, 3.63) is 29.3 Å². The van der Waals surface area contributed by atoms with E-state index in [1.165, 1.54) is 24.6 Å². The van der Waals surface area contributed by atoms with Crippen LogP contribution in [0.2, 0.25) is 5.02 Å². The summed E-state index contributed by atoms with van der Waals surface area (Å²) in [5, 5.41) is 8.87. The smallest absolute Gasteiger partial charge is 0.277 e. The second kappa shape index (κ2) is 8.03. The molecule has 1 aromatic heterocycles. The summed E-state index contributed by atoms with van der Waals surface area (Å²) in [6.07, 6.45) is 4.58. The lowest BCUT2D eigenvalue weighted by Crippen LogP contribution is -2.37. The van der Waals surface area contributed by atoms with Crippen LogP contribution in [-0.4, -0.2) is 39.3 Å². The van der Waals surface area contributed by atoms with Crippen LogP contribution < -0.4 is 0 Å². The van der Waals surface area contributed by atoms with E-state index in [0.29, 0.717) is 16.1 Å². The maximum atomic E-state index is 12.6. The molecule has 1 saturated heterocycles. The van der Waals surface area contributed by atoms with E-state index in [-0.39, 0.29) is 11.2 Å². The molecule has 1 aliphatic heterocycles. The van der Waals surface area contributed by atoms with Crippen molar-refractivity contribution in [1.29, 1.82) is 0 Å².